The molecule has 0 unspecified atom stereocenters. The first-order valence-electron chi connectivity index (χ1n) is 7.85. The molecule has 0 saturated carbocycles. The van der Waals surface area contributed by atoms with Gasteiger partial charge in [-0.2, -0.15) is 5.10 Å². The molecule has 1 aliphatic heterocycles. The largest absolute Gasteiger partial charge is 0.478 e. The lowest BCUT2D eigenvalue weighted by Crippen LogP contribution is -2.39. The van der Waals surface area contributed by atoms with Crippen LogP contribution in [-0.4, -0.2) is 44.8 Å². The highest BCUT2D eigenvalue weighted by Gasteiger charge is 2.26. The number of nitrogens with zero attached hydrogens (tertiary/aromatic N) is 3. The Morgan fingerprint density at radius 1 is 1.27 bits per heavy atom. The number of hydrogen-bond donors (Lipinski definition) is 1. The molecule has 118 valence electrons. The lowest BCUT2D eigenvalue weighted by atomic mass is 10.0. The summed E-state index contributed by atoms with van der Waals surface area (Å²) in [5, 5.41) is 13.1. The van der Waals surface area contributed by atoms with E-state index in [1.54, 1.807) is 10.9 Å². The molecule has 1 fully saturated rings. The van der Waals surface area contributed by atoms with E-state index >= 15 is 0 Å². The van der Waals surface area contributed by atoms with Gasteiger partial charge in [0.2, 0.25) is 5.91 Å². The molecule has 2 aliphatic rings. The summed E-state index contributed by atoms with van der Waals surface area (Å²) in [6, 6.07) is 0.184. The van der Waals surface area contributed by atoms with Crippen molar-refractivity contribution >= 4 is 11.9 Å². The molecule has 22 heavy (non-hydrogen) atoms. The highest BCUT2D eigenvalue weighted by atomic mass is 16.4. The fourth-order valence-corrected chi connectivity index (χ4v) is 3.25. The third kappa shape index (κ3) is 3.21. The van der Waals surface area contributed by atoms with Crippen molar-refractivity contribution in [2.75, 3.05) is 13.1 Å². The number of hydrogen-bond acceptors (Lipinski definition) is 3. The van der Waals surface area contributed by atoms with Crippen LogP contribution in [0.3, 0.4) is 0 Å². The van der Waals surface area contributed by atoms with E-state index in [0.29, 0.717) is 12.3 Å². The second-order valence-electron chi connectivity index (χ2n) is 6.10. The van der Waals surface area contributed by atoms with Crippen molar-refractivity contribution in [2.24, 2.45) is 5.92 Å². The van der Waals surface area contributed by atoms with Gasteiger partial charge in [0.1, 0.15) is 0 Å². The van der Waals surface area contributed by atoms with Gasteiger partial charge in [-0.1, -0.05) is 12.2 Å². The number of amides is 1. The second-order valence-corrected chi connectivity index (χ2v) is 6.10. The fourth-order valence-electron chi connectivity index (χ4n) is 3.25. The van der Waals surface area contributed by atoms with Gasteiger partial charge in [0.25, 0.3) is 0 Å². The van der Waals surface area contributed by atoms with Gasteiger partial charge < -0.3 is 10.0 Å². The molecular formula is C16H21N3O3. The van der Waals surface area contributed by atoms with Crippen molar-refractivity contribution < 1.29 is 14.7 Å². The van der Waals surface area contributed by atoms with Crippen LogP contribution in [0.2, 0.25) is 0 Å². The minimum absolute atomic E-state index is 0.184. The van der Waals surface area contributed by atoms with E-state index < -0.39 is 5.97 Å². The summed E-state index contributed by atoms with van der Waals surface area (Å²) < 4.78 is 1.73. The van der Waals surface area contributed by atoms with Gasteiger partial charge in [-0.25, -0.2) is 4.79 Å². The Hall–Kier alpha value is -2.11. The van der Waals surface area contributed by atoms with Crippen molar-refractivity contribution in [3.63, 3.8) is 0 Å². The molecule has 3 rings (SSSR count). The van der Waals surface area contributed by atoms with Crippen LogP contribution in [-0.2, 0) is 4.79 Å². The number of rotatable bonds is 4. The fraction of sp³-hybridized carbons (Fsp3) is 0.562. The van der Waals surface area contributed by atoms with Crippen molar-refractivity contribution in [3.8, 4) is 0 Å². The second kappa shape index (κ2) is 6.34. The predicted molar refractivity (Wildman–Crippen MR) is 80.5 cm³/mol. The zero-order valence-corrected chi connectivity index (χ0v) is 12.5. The van der Waals surface area contributed by atoms with E-state index in [9.17, 15) is 9.59 Å². The van der Waals surface area contributed by atoms with E-state index in [0.717, 1.165) is 38.8 Å². The number of aromatic carboxylic acids is 1. The molecule has 0 bridgehead atoms. The number of carbonyl (C=O) groups excluding carboxylic acids is 1. The van der Waals surface area contributed by atoms with Gasteiger partial charge in [0, 0.05) is 25.7 Å². The number of piperidine rings is 1. The summed E-state index contributed by atoms with van der Waals surface area (Å²) in [5.74, 6) is -0.306. The number of carboxylic acid groups (broad SMARTS) is 1. The van der Waals surface area contributed by atoms with E-state index in [2.05, 4.69) is 17.3 Å². The number of carboxylic acids is 1. The van der Waals surface area contributed by atoms with Crippen molar-refractivity contribution in [1.82, 2.24) is 14.7 Å². The molecule has 1 saturated heterocycles. The first-order chi connectivity index (χ1) is 10.6. The van der Waals surface area contributed by atoms with Crippen LogP contribution in [0.4, 0.5) is 0 Å². The highest BCUT2D eigenvalue weighted by molar-refractivity contribution is 5.86. The van der Waals surface area contributed by atoms with Crippen LogP contribution in [0.25, 0.3) is 0 Å². The summed E-state index contributed by atoms with van der Waals surface area (Å²) in [4.78, 5) is 25.1. The maximum absolute atomic E-state index is 12.3. The Bertz CT molecular complexity index is 585. The first-order valence-corrected chi connectivity index (χ1v) is 7.85. The molecule has 1 amide bonds. The normalized spacial score (nSPS) is 22.2. The van der Waals surface area contributed by atoms with E-state index in [-0.39, 0.29) is 17.5 Å². The summed E-state index contributed by atoms with van der Waals surface area (Å²) in [6.45, 7) is 1.45. The van der Waals surface area contributed by atoms with Gasteiger partial charge in [-0.15, -0.1) is 0 Å². The summed E-state index contributed by atoms with van der Waals surface area (Å²) in [6.07, 6.45) is 11.7. The zero-order chi connectivity index (χ0) is 15.5. The van der Waals surface area contributed by atoms with Gasteiger partial charge >= 0.3 is 5.97 Å². The van der Waals surface area contributed by atoms with E-state index in [1.807, 2.05) is 4.90 Å². The Balaban J connectivity index is 1.52. The first kappa shape index (κ1) is 14.8. The van der Waals surface area contributed by atoms with Crippen molar-refractivity contribution in [2.45, 2.75) is 38.1 Å². The molecule has 1 aromatic heterocycles. The molecular weight excluding hydrogens is 282 g/mol. The molecule has 6 nitrogen and oxygen atoms in total. The minimum atomic E-state index is -0.955. The zero-order valence-electron chi connectivity index (χ0n) is 12.5. The molecule has 0 spiro atoms. The average Bonchev–Trinajstić information content (AvgIpc) is 3.18. The Morgan fingerprint density at radius 2 is 2.05 bits per heavy atom. The number of carbonyl (C=O) groups is 2. The Labute approximate surface area is 129 Å². The van der Waals surface area contributed by atoms with Gasteiger partial charge in [0.15, 0.2) is 0 Å². The summed E-state index contributed by atoms with van der Waals surface area (Å²) in [5.41, 5.74) is 0.214. The van der Waals surface area contributed by atoms with Crippen LogP contribution in [0.15, 0.2) is 24.5 Å². The molecule has 0 radical (unpaired) electrons. The molecule has 0 aromatic carbocycles. The van der Waals surface area contributed by atoms with Crippen LogP contribution in [0.1, 0.15) is 48.5 Å². The lowest BCUT2D eigenvalue weighted by molar-refractivity contribution is -0.133. The van der Waals surface area contributed by atoms with Gasteiger partial charge in [-0.3, -0.25) is 9.48 Å². The standard InChI is InChI=1S/C16H21N3O3/c20-15(9-12-3-1-2-4-12)18-7-5-14(6-8-18)19-11-13(10-17-19)16(21)22/h1,3,10-12,14H,2,4-9H2,(H,21,22)/t12-/m0/s1. The van der Waals surface area contributed by atoms with Gasteiger partial charge in [0.05, 0.1) is 17.8 Å². The van der Waals surface area contributed by atoms with Crippen LogP contribution in [0.5, 0.6) is 0 Å². The maximum Gasteiger partial charge on any atom is 0.338 e. The third-order valence-corrected chi connectivity index (χ3v) is 4.59. The molecule has 1 aromatic rings. The predicted octanol–water partition coefficient (Wildman–Crippen LogP) is 2.10. The number of aromatic nitrogens is 2. The Kier molecular flexibility index (Phi) is 4.27. The molecule has 1 N–H and O–H groups in total. The smallest absolute Gasteiger partial charge is 0.338 e. The summed E-state index contributed by atoms with van der Waals surface area (Å²) >= 11 is 0. The molecule has 1 atom stereocenters. The maximum atomic E-state index is 12.3. The molecule has 6 heteroatoms. The quantitative estimate of drug-likeness (QED) is 0.864. The molecule has 2 heterocycles. The van der Waals surface area contributed by atoms with Gasteiger partial charge in [-0.05, 0) is 31.6 Å². The Morgan fingerprint density at radius 3 is 2.64 bits per heavy atom. The van der Waals surface area contributed by atoms with Crippen LogP contribution >= 0.6 is 0 Å². The average molecular weight is 303 g/mol. The monoisotopic (exact) mass is 303 g/mol. The van der Waals surface area contributed by atoms with Crippen molar-refractivity contribution in [3.05, 3.63) is 30.1 Å². The topological polar surface area (TPSA) is 75.4 Å². The number of allylic oxidation sites excluding steroid dienone is 2. The number of likely N-dealkylation sites (tertiary alicyclic amines) is 1. The summed E-state index contributed by atoms with van der Waals surface area (Å²) in [7, 11) is 0. The minimum Gasteiger partial charge on any atom is -0.478 e. The third-order valence-electron chi connectivity index (χ3n) is 4.59. The van der Waals surface area contributed by atoms with E-state index in [1.165, 1.54) is 6.20 Å². The van der Waals surface area contributed by atoms with Crippen LogP contribution in [0, 0.1) is 5.92 Å². The molecule has 1 aliphatic carbocycles. The van der Waals surface area contributed by atoms with Crippen LogP contribution < -0.4 is 0 Å². The highest BCUT2D eigenvalue weighted by Crippen LogP contribution is 2.25. The lowest BCUT2D eigenvalue weighted by Gasteiger charge is -2.32. The SMILES string of the molecule is O=C(O)c1cnn(C2CCN(C(=O)C[C@H]3C=CCC3)CC2)c1. The van der Waals surface area contributed by atoms with E-state index in [4.69, 9.17) is 5.11 Å². The van der Waals surface area contributed by atoms with Crippen molar-refractivity contribution in [1.29, 1.82) is 0 Å².